The molecule has 0 fully saturated rings. The summed E-state index contributed by atoms with van der Waals surface area (Å²) in [6.07, 6.45) is 12.6. The molecule has 0 bridgehead atoms. The van der Waals surface area contributed by atoms with Crippen LogP contribution in [0.4, 0.5) is 0 Å². The largest absolute Gasteiger partial charge is 0.110 e. The van der Waals surface area contributed by atoms with E-state index in [0.29, 0.717) is 0 Å². The fraction of sp³-hybridized carbons (Fsp3) is 0.400. The van der Waals surface area contributed by atoms with Gasteiger partial charge in [0, 0.05) is 0 Å². The molecule has 2 rings (SSSR count). The Balaban J connectivity index is 2.28. The third-order valence-corrected chi connectivity index (χ3v) is 8.34. The summed E-state index contributed by atoms with van der Waals surface area (Å²) in [6.45, 7) is 20.0. The van der Waals surface area contributed by atoms with Gasteiger partial charge in [-0.15, -0.1) is 7.92 Å². The summed E-state index contributed by atoms with van der Waals surface area (Å²) >= 11 is 0. The molecule has 0 saturated heterocycles. The minimum absolute atomic E-state index is 0.181. The second-order valence-electron chi connectivity index (χ2n) is 8.42. The Morgan fingerprint density at radius 1 is 0.871 bits per heavy atom. The van der Waals surface area contributed by atoms with Gasteiger partial charge >= 0.3 is 0 Å². The first-order valence-corrected chi connectivity index (χ1v) is 14.1. The van der Waals surface area contributed by atoms with E-state index < -0.39 is 0 Å². The van der Waals surface area contributed by atoms with Crippen LogP contribution in [0.1, 0.15) is 67.5 Å². The zero-order valence-electron chi connectivity index (χ0n) is 20.4. The van der Waals surface area contributed by atoms with E-state index in [1.54, 1.807) is 0 Å². The van der Waals surface area contributed by atoms with Crippen LogP contribution in [0.2, 0.25) is 0 Å². The maximum Gasteiger partial charge on any atom is -0.0183 e. The lowest BCUT2D eigenvalue weighted by atomic mass is 9.90. The van der Waals surface area contributed by atoms with Crippen LogP contribution in [0, 0.1) is 0 Å². The molecule has 0 aliphatic heterocycles. The molecule has 0 radical (unpaired) electrons. The van der Waals surface area contributed by atoms with E-state index in [-0.39, 0.29) is 7.92 Å². The second-order valence-corrected chi connectivity index (χ2v) is 11.0. The number of benzene rings is 2. The minimum atomic E-state index is 0.181. The molecule has 1 unspecified atom stereocenters. The van der Waals surface area contributed by atoms with Crippen LogP contribution < -0.4 is 0 Å². The lowest BCUT2D eigenvalue weighted by Crippen LogP contribution is -1.98. The van der Waals surface area contributed by atoms with Gasteiger partial charge in [0.1, 0.15) is 0 Å². The summed E-state index contributed by atoms with van der Waals surface area (Å²) in [5, 5.41) is 0. The molecule has 0 saturated carbocycles. The number of hydrogen-bond acceptors (Lipinski definition) is 0. The lowest BCUT2D eigenvalue weighted by Gasteiger charge is -2.15. The molecule has 0 nitrogen and oxygen atoms in total. The number of hydrogen-bond donors (Lipinski definition) is 0. The molecule has 0 spiro atoms. The molecular weight excluding hydrogens is 391 g/mol. The van der Waals surface area contributed by atoms with Gasteiger partial charge in [-0.05, 0) is 95.3 Å². The van der Waals surface area contributed by atoms with Crippen molar-refractivity contribution in [1.82, 2.24) is 0 Å². The average molecular weight is 433 g/mol. The molecular formula is C30H41P. The van der Waals surface area contributed by atoms with Crippen molar-refractivity contribution in [3.05, 3.63) is 94.6 Å². The molecule has 2 aromatic carbocycles. The summed E-state index contributed by atoms with van der Waals surface area (Å²) < 4.78 is 0. The zero-order chi connectivity index (χ0) is 22.8. The maximum absolute atomic E-state index is 4.43. The molecule has 0 amide bonds. The average Bonchev–Trinajstić information content (AvgIpc) is 2.80. The van der Waals surface area contributed by atoms with Crippen LogP contribution in [0.15, 0.2) is 61.2 Å². The van der Waals surface area contributed by atoms with Gasteiger partial charge in [0.15, 0.2) is 0 Å². The lowest BCUT2D eigenvalue weighted by molar-refractivity contribution is 1.03. The molecule has 0 aliphatic rings. The van der Waals surface area contributed by atoms with Gasteiger partial charge in [-0.1, -0.05) is 89.7 Å². The monoisotopic (exact) mass is 432 g/mol. The highest BCUT2D eigenvalue weighted by molar-refractivity contribution is 7.56. The normalized spacial score (nSPS) is 12.6. The summed E-state index contributed by atoms with van der Waals surface area (Å²) in [6, 6.07) is 13.8. The van der Waals surface area contributed by atoms with E-state index in [0.717, 1.165) is 30.4 Å². The standard InChI is InChI=1S/C30H41P/c1-8-18-31(7)19-17-25-13-15-29(16-14-25)23(6)26(10-3)22-30-27(11-4)20-24(9-2)21-28(30)12-5/h10,13-16,20-22H,3,6,8-9,11-12,17-19H2,1-2,4-5,7H3/b26-22+. The molecule has 0 aliphatic carbocycles. The Kier molecular flexibility index (Phi) is 10.5. The van der Waals surface area contributed by atoms with Crippen LogP contribution in [0.25, 0.3) is 11.6 Å². The smallest absolute Gasteiger partial charge is 0.0183 e. The first kappa shape index (κ1) is 25.4. The van der Waals surface area contributed by atoms with E-state index in [1.165, 1.54) is 58.5 Å². The second kappa shape index (κ2) is 12.8. The van der Waals surface area contributed by atoms with Crippen molar-refractivity contribution in [2.75, 3.05) is 19.0 Å². The van der Waals surface area contributed by atoms with Crippen molar-refractivity contribution in [2.24, 2.45) is 0 Å². The summed E-state index contributed by atoms with van der Waals surface area (Å²) in [5.41, 5.74) is 10.4. The molecule has 0 heterocycles. The summed E-state index contributed by atoms with van der Waals surface area (Å²) in [7, 11) is 0.181. The van der Waals surface area contributed by atoms with Gasteiger partial charge in [-0.3, -0.25) is 0 Å². The first-order valence-electron chi connectivity index (χ1n) is 11.9. The summed E-state index contributed by atoms with van der Waals surface area (Å²) in [5.74, 6) is 0. The van der Waals surface area contributed by atoms with E-state index in [9.17, 15) is 0 Å². The van der Waals surface area contributed by atoms with Gasteiger partial charge in [-0.25, -0.2) is 0 Å². The number of aryl methyl sites for hydroxylation is 4. The van der Waals surface area contributed by atoms with Gasteiger partial charge < -0.3 is 0 Å². The van der Waals surface area contributed by atoms with Crippen LogP contribution in [-0.2, 0) is 25.7 Å². The Bertz CT molecular complexity index is 874. The molecule has 0 aromatic heterocycles. The van der Waals surface area contributed by atoms with Gasteiger partial charge in [0.05, 0.1) is 0 Å². The van der Waals surface area contributed by atoms with Crippen molar-refractivity contribution in [2.45, 2.75) is 59.8 Å². The van der Waals surface area contributed by atoms with Crippen molar-refractivity contribution < 1.29 is 0 Å². The third-order valence-electron chi connectivity index (χ3n) is 6.14. The SMILES string of the molecule is C=C/C(=C\c1c(CC)cc(CC)cc1CC)C(=C)c1ccc(CCP(C)CCC)cc1. The van der Waals surface area contributed by atoms with Crippen LogP contribution >= 0.6 is 7.92 Å². The first-order chi connectivity index (χ1) is 15.0. The molecule has 166 valence electrons. The highest BCUT2D eigenvalue weighted by Crippen LogP contribution is 2.32. The number of allylic oxidation sites excluding steroid dienone is 3. The van der Waals surface area contributed by atoms with E-state index >= 15 is 0 Å². The van der Waals surface area contributed by atoms with Crippen molar-refractivity contribution in [3.63, 3.8) is 0 Å². The quantitative estimate of drug-likeness (QED) is 0.232. The topological polar surface area (TPSA) is 0 Å². The maximum atomic E-state index is 4.43. The zero-order valence-corrected chi connectivity index (χ0v) is 21.3. The van der Waals surface area contributed by atoms with E-state index in [4.69, 9.17) is 0 Å². The van der Waals surface area contributed by atoms with Crippen molar-refractivity contribution in [1.29, 1.82) is 0 Å². The highest BCUT2D eigenvalue weighted by Gasteiger charge is 2.10. The van der Waals surface area contributed by atoms with Crippen LogP contribution in [0.5, 0.6) is 0 Å². The predicted molar refractivity (Wildman–Crippen MR) is 145 cm³/mol. The number of rotatable bonds is 12. The van der Waals surface area contributed by atoms with Crippen LogP contribution in [-0.4, -0.2) is 19.0 Å². The Morgan fingerprint density at radius 2 is 1.48 bits per heavy atom. The molecule has 1 atom stereocenters. The molecule has 31 heavy (non-hydrogen) atoms. The van der Waals surface area contributed by atoms with Gasteiger partial charge in [0.2, 0.25) is 0 Å². The van der Waals surface area contributed by atoms with Gasteiger partial charge in [-0.2, -0.15) is 0 Å². The molecule has 1 heteroatoms. The summed E-state index contributed by atoms with van der Waals surface area (Å²) in [4.78, 5) is 0. The Hall–Kier alpha value is -1.91. The van der Waals surface area contributed by atoms with E-state index in [2.05, 4.69) is 90.0 Å². The van der Waals surface area contributed by atoms with Crippen molar-refractivity contribution in [3.8, 4) is 0 Å². The fourth-order valence-electron chi connectivity index (χ4n) is 4.10. The predicted octanol–water partition coefficient (Wildman–Crippen LogP) is 8.72. The minimum Gasteiger partial charge on any atom is -0.110 e. The van der Waals surface area contributed by atoms with Gasteiger partial charge in [0.25, 0.3) is 0 Å². The molecule has 2 aromatic rings. The van der Waals surface area contributed by atoms with Crippen molar-refractivity contribution >= 4 is 19.6 Å². The Morgan fingerprint density at radius 3 is 1.97 bits per heavy atom. The van der Waals surface area contributed by atoms with Crippen LogP contribution in [0.3, 0.4) is 0 Å². The highest BCUT2D eigenvalue weighted by atomic mass is 31.1. The van der Waals surface area contributed by atoms with E-state index in [1.807, 2.05) is 6.08 Å². The Labute approximate surface area is 192 Å². The fourth-order valence-corrected chi connectivity index (χ4v) is 5.73. The molecule has 0 N–H and O–H groups in total. The third kappa shape index (κ3) is 7.05.